The van der Waals surface area contributed by atoms with Crippen molar-refractivity contribution in [2.75, 3.05) is 13.1 Å². The van der Waals surface area contributed by atoms with Gasteiger partial charge in [-0.3, -0.25) is 0 Å². The van der Waals surface area contributed by atoms with Crippen LogP contribution >= 0.6 is 0 Å². The molecule has 1 nitrogen and oxygen atoms in total. The number of hydrogen-bond donors (Lipinski definition) is 0. The van der Waals surface area contributed by atoms with Crippen LogP contribution in [0.15, 0.2) is 54.6 Å². The molecule has 3 fully saturated rings. The minimum atomic E-state index is 0.728. The molecule has 25 heavy (non-hydrogen) atoms. The highest BCUT2D eigenvalue weighted by Crippen LogP contribution is 2.47. The maximum Gasteiger partial charge on any atom is 0.0126 e. The van der Waals surface area contributed by atoms with Crippen LogP contribution in [0.25, 0.3) is 11.1 Å². The molecule has 130 valence electrons. The van der Waals surface area contributed by atoms with Gasteiger partial charge >= 0.3 is 0 Å². The third kappa shape index (κ3) is 2.93. The van der Waals surface area contributed by atoms with Crippen LogP contribution in [-0.4, -0.2) is 24.0 Å². The molecule has 0 amide bonds. The van der Waals surface area contributed by atoms with Gasteiger partial charge in [0.2, 0.25) is 0 Å². The third-order valence-electron chi connectivity index (χ3n) is 7.18. The van der Waals surface area contributed by atoms with Gasteiger partial charge in [0.15, 0.2) is 0 Å². The van der Waals surface area contributed by atoms with Gasteiger partial charge in [0.1, 0.15) is 0 Å². The summed E-state index contributed by atoms with van der Waals surface area (Å²) in [6.45, 7) is 2.61. The molecule has 3 aliphatic rings. The van der Waals surface area contributed by atoms with Crippen LogP contribution in [-0.2, 0) is 0 Å². The molecular formula is C24H29N. The van der Waals surface area contributed by atoms with Crippen molar-refractivity contribution < 1.29 is 0 Å². The average Bonchev–Trinajstić information content (AvgIpc) is 3.32. The van der Waals surface area contributed by atoms with Crippen LogP contribution in [0.3, 0.4) is 0 Å². The van der Waals surface area contributed by atoms with Gasteiger partial charge < -0.3 is 4.90 Å². The van der Waals surface area contributed by atoms with Crippen LogP contribution in [0, 0.1) is 11.8 Å². The first kappa shape index (κ1) is 15.6. The van der Waals surface area contributed by atoms with Gasteiger partial charge in [-0.05, 0) is 79.6 Å². The van der Waals surface area contributed by atoms with Gasteiger partial charge in [-0.15, -0.1) is 0 Å². The molecule has 2 saturated carbocycles. The Morgan fingerprint density at radius 1 is 0.720 bits per heavy atom. The number of likely N-dealkylation sites (tertiary alicyclic amines) is 1. The van der Waals surface area contributed by atoms with Crippen LogP contribution in [0.4, 0.5) is 0 Å². The number of benzene rings is 2. The highest BCUT2D eigenvalue weighted by Gasteiger charge is 2.42. The van der Waals surface area contributed by atoms with Crippen LogP contribution in [0.1, 0.15) is 50.0 Å². The van der Waals surface area contributed by atoms with E-state index in [-0.39, 0.29) is 0 Å². The predicted octanol–water partition coefficient (Wildman–Crippen LogP) is 5.72. The fourth-order valence-corrected chi connectivity index (χ4v) is 5.93. The summed E-state index contributed by atoms with van der Waals surface area (Å²) in [4.78, 5) is 2.85. The first-order valence-corrected chi connectivity index (χ1v) is 10.3. The SMILES string of the molecule is c1ccc(-c2ccccc2C2CCN([C@H]3C[C@H]4CC[C@H]3C4)CC2)cc1. The average molecular weight is 332 g/mol. The Kier molecular flexibility index (Phi) is 4.13. The first-order valence-electron chi connectivity index (χ1n) is 10.3. The number of rotatable bonds is 3. The number of nitrogens with zero attached hydrogens (tertiary/aromatic N) is 1. The molecular weight excluding hydrogens is 302 g/mol. The zero-order chi connectivity index (χ0) is 16.6. The third-order valence-corrected chi connectivity index (χ3v) is 7.18. The van der Waals surface area contributed by atoms with Gasteiger partial charge in [0.25, 0.3) is 0 Å². The van der Waals surface area contributed by atoms with Crippen molar-refractivity contribution in [1.29, 1.82) is 0 Å². The molecule has 2 aliphatic carbocycles. The van der Waals surface area contributed by atoms with E-state index in [0.29, 0.717) is 0 Å². The second-order valence-electron chi connectivity index (χ2n) is 8.51. The van der Waals surface area contributed by atoms with Crippen LogP contribution < -0.4 is 0 Å². The topological polar surface area (TPSA) is 3.24 Å². The molecule has 0 radical (unpaired) electrons. The Morgan fingerprint density at radius 2 is 1.48 bits per heavy atom. The number of hydrogen-bond acceptors (Lipinski definition) is 1. The lowest BCUT2D eigenvalue weighted by atomic mass is 9.83. The monoisotopic (exact) mass is 331 g/mol. The van der Waals surface area contributed by atoms with Gasteiger partial charge in [0.05, 0.1) is 0 Å². The fraction of sp³-hybridized carbons (Fsp3) is 0.500. The molecule has 1 saturated heterocycles. The minimum absolute atomic E-state index is 0.728. The summed E-state index contributed by atoms with van der Waals surface area (Å²) >= 11 is 0. The summed E-state index contributed by atoms with van der Waals surface area (Å²) in [5.74, 6) is 2.82. The number of piperidine rings is 1. The highest BCUT2D eigenvalue weighted by molar-refractivity contribution is 5.68. The van der Waals surface area contributed by atoms with Crippen molar-refractivity contribution in [2.24, 2.45) is 11.8 Å². The van der Waals surface area contributed by atoms with E-state index in [9.17, 15) is 0 Å². The summed E-state index contributed by atoms with van der Waals surface area (Å²) in [6.07, 6.45) is 8.71. The molecule has 1 aliphatic heterocycles. The zero-order valence-electron chi connectivity index (χ0n) is 15.1. The van der Waals surface area contributed by atoms with E-state index in [1.54, 1.807) is 5.56 Å². The molecule has 0 aromatic heterocycles. The van der Waals surface area contributed by atoms with Gasteiger partial charge in [-0.25, -0.2) is 0 Å². The molecule has 3 atom stereocenters. The quantitative estimate of drug-likeness (QED) is 0.695. The van der Waals surface area contributed by atoms with E-state index in [1.807, 2.05) is 0 Å². The molecule has 0 N–H and O–H groups in total. The van der Waals surface area contributed by atoms with E-state index < -0.39 is 0 Å². The lowest BCUT2D eigenvalue weighted by Gasteiger charge is -2.40. The van der Waals surface area contributed by atoms with Crippen LogP contribution in [0.2, 0.25) is 0 Å². The molecule has 2 aromatic rings. The standard InChI is InChI=1S/C24H29N/c1-2-6-19(7-3-1)22-8-4-5-9-23(22)20-12-14-25(15-13-20)24-17-18-10-11-21(24)16-18/h1-9,18,20-21,24H,10-17H2/t18-,21-,24-/m0/s1. The van der Waals surface area contributed by atoms with Gasteiger partial charge in [-0.2, -0.15) is 0 Å². The van der Waals surface area contributed by atoms with E-state index >= 15 is 0 Å². The Labute approximate surface area is 152 Å². The van der Waals surface area contributed by atoms with Crippen molar-refractivity contribution in [3.05, 3.63) is 60.2 Å². The second kappa shape index (κ2) is 6.61. The summed E-state index contributed by atoms with van der Waals surface area (Å²) < 4.78 is 0. The van der Waals surface area contributed by atoms with E-state index in [2.05, 4.69) is 59.5 Å². The smallest absolute Gasteiger partial charge is 0.0126 e. The van der Waals surface area contributed by atoms with Crippen molar-refractivity contribution >= 4 is 0 Å². The van der Waals surface area contributed by atoms with Crippen molar-refractivity contribution in [1.82, 2.24) is 4.90 Å². The first-order chi connectivity index (χ1) is 12.4. The predicted molar refractivity (Wildman–Crippen MR) is 105 cm³/mol. The molecule has 5 rings (SSSR count). The fourth-order valence-electron chi connectivity index (χ4n) is 5.93. The lowest BCUT2D eigenvalue weighted by Crippen LogP contribution is -2.43. The molecule has 1 heteroatoms. The summed E-state index contributed by atoms with van der Waals surface area (Å²) in [5.41, 5.74) is 4.39. The Balaban J connectivity index is 1.31. The Bertz CT molecular complexity index is 714. The van der Waals surface area contributed by atoms with Gasteiger partial charge in [0, 0.05) is 6.04 Å². The minimum Gasteiger partial charge on any atom is -0.300 e. The molecule has 1 heterocycles. The van der Waals surface area contributed by atoms with E-state index in [0.717, 1.165) is 23.8 Å². The molecule has 2 aromatic carbocycles. The van der Waals surface area contributed by atoms with Crippen LogP contribution in [0.5, 0.6) is 0 Å². The van der Waals surface area contributed by atoms with Gasteiger partial charge in [-0.1, -0.05) is 61.0 Å². The van der Waals surface area contributed by atoms with Crippen molar-refractivity contribution in [3.63, 3.8) is 0 Å². The maximum absolute atomic E-state index is 2.85. The maximum atomic E-state index is 2.85. The second-order valence-corrected chi connectivity index (χ2v) is 8.51. The molecule has 0 unspecified atom stereocenters. The summed E-state index contributed by atoms with van der Waals surface area (Å²) in [5, 5.41) is 0. The van der Waals surface area contributed by atoms with E-state index in [1.165, 1.54) is 62.7 Å². The van der Waals surface area contributed by atoms with Crippen molar-refractivity contribution in [2.45, 2.75) is 50.5 Å². The van der Waals surface area contributed by atoms with Crippen molar-refractivity contribution in [3.8, 4) is 11.1 Å². The number of fused-ring (bicyclic) bond motifs is 2. The zero-order valence-corrected chi connectivity index (χ0v) is 15.1. The summed E-state index contributed by atoms with van der Waals surface area (Å²) in [6, 6.07) is 21.0. The Morgan fingerprint density at radius 3 is 2.20 bits per heavy atom. The van der Waals surface area contributed by atoms with E-state index in [4.69, 9.17) is 0 Å². The molecule has 2 bridgehead atoms. The lowest BCUT2D eigenvalue weighted by molar-refractivity contribution is 0.111. The largest absolute Gasteiger partial charge is 0.300 e. The Hall–Kier alpha value is -1.60. The summed E-state index contributed by atoms with van der Waals surface area (Å²) in [7, 11) is 0. The highest BCUT2D eigenvalue weighted by atomic mass is 15.2. The normalized spacial score (nSPS) is 30.0. The molecule has 0 spiro atoms.